The Bertz CT molecular complexity index is 210. The highest BCUT2D eigenvalue weighted by molar-refractivity contribution is 4.79. The van der Waals surface area contributed by atoms with Gasteiger partial charge in [0.1, 0.15) is 0 Å². The Morgan fingerprint density at radius 2 is 1.72 bits per heavy atom. The minimum atomic E-state index is 0.565. The van der Waals surface area contributed by atoms with E-state index in [9.17, 15) is 0 Å². The highest BCUT2D eigenvalue weighted by atomic mass is 15.1. The zero-order chi connectivity index (χ0) is 13.4. The molecule has 0 aromatic rings. The summed E-state index contributed by atoms with van der Waals surface area (Å²) in [5.41, 5.74) is 0.565. The van der Waals surface area contributed by atoms with Gasteiger partial charge in [-0.1, -0.05) is 59.8 Å². The maximum atomic E-state index is 2.72. The molecular formula is C17H35N. The molecule has 1 unspecified atom stereocenters. The van der Waals surface area contributed by atoms with Crippen molar-refractivity contribution in [3.05, 3.63) is 0 Å². The van der Waals surface area contributed by atoms with Crippen LogP contribution in [0.4, 0.5) is 0 Å². The predicted octanol–water partition coefficient (Wildman–Crippen LogP) is 5.11. The van der Waals surface area contributed by atoms with Crippen molar-refractivity contribution in [2.24, 2.45) is 11.3 Å². The molecule has 0 aromatic carbocycles. The number of rotatable bonds is 7. The van der Waals surface area contributed by atoms with Gasteiger partial charge in [-0.2, -0.15) is 0 Å². The van der Waals surface area contributed by atoms with Crippen molar-refractivity contribution in [2.45, 2.75) is 79.1 Å². The van der Waals surface area contributed by atoms with Gasteiger partial charge in [-0.05, 0) is 43.7 Å². The van der Waals surface area contributed by atoms with Crippen LogP contribution in [0.2, 0.25) is 0 Å². The standard InChI is InChI=1S/C17H35N/c1-5-6-7-8-9-10-12-18-13-11-17(3,4)14-16(2)15-18/h16H,5-15H2,1-4H3. The third-order valence-electron chi connectivity index (χ3n) is 4.40. The van der Waals surface area contributed by atoms with Crippen molar-refractivity contribution >= 4 is 0 Å². The van der Waals surface area contributed by atoms with Crippen LogP contribution in [-0.4, -0.2) is 24.5 Å². The van der Waals surface area contributed by atoms with Crippen LogP contribution in [0, 0.1) is 11.3 Å². The molecule has 0 radical (unpaired) electrons. The fraction of sp³-hybridized carbons (Fsp3) is 1.00. The fourth-order valence-electron chi connectivity index (χ4n) is 3.42. The molecule has 1 heteroatoms. The van der Waals surface area contributed by atoms with Crippen molar-refractivity contribution in [1.29, 1.82) is 0 Å². The molecule has 0 N–H and O–H groups in total. The third kappa shape index (κ3) is 6.78. The summed E-state index contributed by atoms with van der Waals surface area (Å²) in [4.78, 5) is 2.72. The largest absolute Gasteiger partial charge is 0.303 e. The van der Waals surface area contributed by atoms with Crippen LogP contribution in [0.1, 0.15) is 79.1 Å². The second kappa shape index (κ2) is 8.19. The molecule has 1 heterocycles. The lowest BCUT2D eigenvalue weighted by molar-refractivity contribution is 0.249. The van der Waals surface area contributed by atoms with Crippen molar-refractivity contribution < 1.29 is 0 Å². The SMILES string of the molecule is CCCCCCCCN1CCC(C)(C)CC(C)C1. The molecule has 108 valence electrons. The molecule has 0 aromatic heterocycles. The van der Waals surface area contributed by atoms with Gasteiger partial charge in [0.15, 0.2) is 0 Å². The monoisotopic (exact) mass is 253 g/mol. The number of nitrogens with zero attached hydrogens (tertiary/aromatic N) is 1. The Hall–Kier alpha value is -0.0400. The van der Waals surface area contributed by atoms with Gasteiger partial charge in [0.25, 0.3) is 0 Å². The molecule has 0 amide bonds. The minimum absolute atomic E-state index is 0.565. The summed E-state index contributed by atoms with van der Waals surface area (Å²) in [6.07, 6.45) is 11.3. The van der Waals surface area contributed by atoms with Crippen LogP contribution < -0.4 is 0 Å². The summed E-state index contributed by atoms with van der Waals surface area (Å²) in [5, 5.41) is 0. The number of hydrogen-bond acceptors (Lipinski definition) is 1. The van der Waals surface area contributed by atoms with Gasteiger partial charge in [0.05, 0.1) is 0 Å². The normalized spacial score (nSPS) is 25.0. The highest BCUT2D eigenvalue weighted by Gasteiger charge is 2.26. The second-order valence-electron chi connectivity index (χ2n) is 7.29. The van der Waals surface area contributed by atoms with Gasteiger partial charge < -0.3 is 4.90 Å². The average Bonchev–Trinajstić information content (AvgIpc) is 2.41. The van der Waals surface area contributed by atoms with Crippen molar-refractivity contribution in [3.8, 4) is 0 Å². The summed E-state index contributed by atoms with van der Waals surface area (Å²) < 4.78 is 0. The molecule has 1 rings (SSSR count). The molecule has 0 aliphatic carbocycles. The Morgan fingerprint density at radius 3 is 2.44 bits per heavy atom. The van der Waals surface area contributed by atoms with Gasteiger partial charge in [0, 0.05) is 6.54 Å². The Kier molecular flexibility index (Phi) is 7.29. The lowest BCUT2D eigenvalue weighted by atomic mass is 9.82. The summed E-state index contributed by atoms with van der Waals surface area (Å²) in [6.45, 7) is 13.6. The first-order valence-corrected chi connectivity index (χ1v) is 8.26. The van der Waals surface area contributed by atoms with E-state index in [0.29, 0.717) is 5.41 Å². The molecule has 18 heavy (non-hydrogen) atoms. The van der Waals surface area contributed by atoms with E-state index in [1.54, 1.807) is 0 Å². The average molecular weight is 253 g/mol. The minimum Gasteiger partial charge on any atom is -0.303 e. The maximum Gasteiger partial charge on any atom is 0.000722 e. The lowest BCUT2D eigenvalue weighted by Gasteiger charge is -2.23. The Balaban J connectivity index is 2.14. The summed E-state index contributed by atoms with van der Waals surface area (Å²) in [5.74, 6) is 0.877. The van der Waals surface area contributed by atoms with E-state index in [-0.39, 0.29) is 0 Å². The summed E-state index contributed by atoms with van der Waals surface area (Å²) in [6, 6.07) is 0. The van der Waals surface area contributed by atoms with Crippen molar-refractivity contribution in [1.82, 2.24) is 4.90 Å². The zero-order valence-corrected chi connectivity index (χ0v) is 13.3. The first kappa shape index (κ1) is 16.0. The third-order valence-corrected chi connectivity index (χ3v) is 4.40. The van der Waals surface area contributed by atoms with Crippen LogP contribution in [0.3, 0.4) is 0 Å². The van der Waals surface area contributed by atoms with Gasteiger partial charge in [0.2, 0.25) is 0 Å². The smallest absolute Gasteiger partial charge is 0.000722 e. The highest BCUT2D eigenvalue weighted by Crippen LogP contribution is 2.32. The molecule has 1 fully saturated rings. The molecule has 1 saturated heterocycles. The van der Waals surface area contributed by atoms with Gasteiger partial charge in [-0.25, -0.2) is 0 Å². The number of unbranched alkanes of at least 4 members (excludes halogenated alkanes) is 5. The van der Waals surface area contributed by atoms with Crippen LogP contribution in [-0.2, 0) is 0 Å². The summed E-state index contributed by atoms with van der Waals surface area (Å²) >= 11 is 0. The van der Waals surface area contributed by atoms with E-state index >= 15 is 0 Å². The molecule has 1 aliphatic heterocycles. The topological polar surface area (TPSA) is 3.24 Å². The molecule has 0 bridgehead atoms. The Labute approximate surface area is 115 Å². The first-order chi connectivity index (χ1) is 8.53. The molecule has 1 nitrogen and oxygen atoms in total. The number of hydrogen-bond donors (Lipinski definition) is 0. The number of likely N-dealkylation sites (tertiary alicyclic amines) is 1. The molecule has 0 saturated carbocycles. The van der Waals surface area contributed by atoms with E-state index < -0.39 is 0 Å². The second-order valence-corrected chi connectivity index (χ2v) is 7.29. The summed E-state index contributed by atoms with van der Waals surface area (Å²) in [7, 11) is 0. The van der Waals surface area contributed by atoms with E-state index in [1.165, 1.54) is 71.0 Å². The van der Waals surface area contributed by atoms with Crippen LogP contribution in [0.5, 0.6) is 0 Å². The van der Waals surface area contributed by atoms with Crippen LogP contribution in [0.25, 0.3) is 0 Å². The molecule has 0 spiro atoms. The lowest BCUT2D eigenvalue weighted by Crippen LogP contribution is -2.28. The molecular weight excluding hydrogens is 218 g/mol. The quantitative estimate of drug-likeness (QED) is 0.570. The van der Waals surface area contributed by atoms with Crippen LogP contribution >= 0.6 is 0 Å². The van der Waals surface area contributed by atoms with Crippen molar-refractivity contribution in [2.75, 3.05) is 19.6 Å². The fourth-order valence-corrected chi connectivity index (χ4v) is 3.42. The zero-order valence-electron chi connectivity index (χ0n) is 13.3. The van der Waals surface area contributed by atoms with Gasteiger partial charge in [-0.15, -0.1) is 0 Å². The predicted molar refractivity (Wildman–Crippen MR) is 82.0 cm³/mol. The van der Waals surface area contributed by atoms with E-state index in [2.05, 4.69) is 32.6 Å². The van der Waals surface area contributed by atoms with Gasteiger partial charge in [-0.3, -0.25) is 0 Å². The Morgan fingerprint density at radius 1 is 1.06 bits per heavy atom. The van der Waals surface area contributed by atoms with E-state index in [4.69, 9.17) is 0 Å². The van der Waals surface area contributed by atoms with Gasteiger partial charge >= 0.3 is 0 Å². The molecule has 1 aliphatic rings. The van der Waals surface area contributed by atoms with Crippen LogP contribution in [0.15, 0.2) is 0 Å². The first-order valence-electron chi connectivity index (χ1n) is 8.26. The molecule has 1 atom stereocenters. The maximum absolute atomic E-state index is 2.72. The van der Waals surface area contributed by atoms with E-state index in [0.717, 1.165) is 5.92 Å². The van der Waals surface area contributed by atoms with E-state index in [1.807, 2.05) is 0 Å². The van der Waals surface area contributed by atoms with Crippen molar-refractivity contribution in [3.63, 3.8) is 0 Å².